The van der Waals surface area contributed by atoms with Crippen LogP contribution in [-0.4, -0.2) is 40.9 Å². The Morgan fingerprint density at radius 1 is 1.19 bits per heavy atom. The summed E-state index contributed by atoms with van der Waals surface area (Å²) < 4.78 is 5.52. The van der Waals surface area contributed by atoms with Crippen molar-refractivity contribution in [1.29, 1.82) is 0 Å². The SMILES string of the molecule is COc1cc(C(=O)NC2CCCC2C(=O)NO)ccc1C1CC(c2ccncc2)=NO1. The summed E-state index contributed by atoms with van der Waals surface area (Å²) >= 11 is 0. The van der Waals surface area contributed by atoms with Gasteiger partial charge >= 0.3 is 0 Å². The van der Waals surface area contributed by atoms with Crippen molar-refractivity contribution >= 4 is 17.5 Å². The summed E-state index contributed by atoms with van der Waals surface area (Å²) in [5.41, 5.74) is 4.67. The van der Waals surface area contributed by atoms with Gasteiger partial charge in [-0.2, -0.15) is 0 Å². The number of oxime groups is 1. The molecule has 3 N–H and O–H groups in total. The zero-order valence-corrected chi connectivity index (χ0v) is 17.1. The minimum Gasteiger partial charge on any atom is -0.496 e. The highest BCUT2D eigenvalue weighted by Crippen LogP contribution is 2.35. The number of ether oxygens (including phenoxy) is 1. The third-order valence-electron chi connectivity index (χ3n) is 5.80. The van der Waals surface area contributed by atoms with Gasteiger partial charge in [-0.05, 0) is 37.1 Å². The topological polar surface area (TPSA) is 122 Å². The second-order valence-electron chi connectivity index (χ2n) is 7.62. The molecule has 0 bridgehead atoms. The maximum Gasteiger partial charge on any atom is 0.251 e. The fourth-order valence-corrected chi connectivity index (χ4v) is 4.16. The van der Waals surface area contributed by atoms with E-state index in [4.69, 9.17) is 14.8 Å². The van der Waals surface area contributed by atoms with Crippen molar-refractivity contribution in [3.63, 3.8) is 0 Å². The van der Waals surface area contributed by atoms with Crippen molar-refractivity contribution in [2.24, 2.45) is 11.1 Å². The van der Waals surface area contributed by atoms with Crippen LogP contribution in [0.25, 0.3) is 0 Å². The number of carbonyl (C=O) groups excluding carboxylic acids is 2. The Bertz CT molecular complexity index is 995. The molecule has 1 aromatic heterocycles. The predicted octanol–water partition coefficient (Wildman–Crippen LogP) is 2.36. The van der Waals surface area contributed by atoms with E-state index in [2.05, 4.69) is 15.5 Å². The van der Waals surface area contributed by atoms with Crippen LogP contribution < -0.4 is 15.5 Å². The molecule has 3 atom stereocenters. The first-order chi connectivity index (χ1) is 15.1. The molecule has 0 radical (unpaired) electrons. The van der Waals surface area contributed by atoms with Gasteiger partial charge in [0.25, 0.3) is 5.91 Å². The van der Waals surface area contributed by atoms with Crippen LogP contribution in [0.2, 0.25) is 0 Å². The third kappa shape index (κ3) is 4.36. The first kappa shape index (κ1) is 20.8. The van der Waals surface area contributed by atoms with Crippen LogP contribution in [0.4, 0.5) is 0 Å². The lowest BCUT2D eigenvalue weighted by Gasteiger charge is -2.20. The number of hydroxylamine groups is 1. The maximum absolute atomic E-state index is 12.8. The number of benzene rings is 1. The normalized spacial score (nSPS) is 22.4. The van der Waals surface area contributed by atoms with E-state index in [1.807, 2.05) is 12.1 Å². The monoisotopic (exact) mass is 424 g/mol. The number of rotatable bonds is 6. The highest BCUT2D eigenvalue weighted by molar-refractivity contribution is 6.01. The molecule has 1 aliphatic carbocycles. The van der Waals surface area contributed by atoms with E-state index in [1.165, 1.54) is 0 Å². The summed E-state index contributed by atoms with van der Waals surface area (Å²) in [6, 6.07) is 8.60. The van der Waals surface area contributed by atoms with Crippen molar-refractivity contribution < 1.29 is 24.4 Å². The molecule has 1 saturated carbocycles. The number of nitrogens with zero attached hydrogens (tertiary/aromatic N) is 2. The molecular weight excluding hydrogens is 400 g/mol. The smallest absolute Gasteiger partial charge is 0.251 e. The van der Waals surface area contributed by atoms with Gasteiger partial charge in [0.2, 0.25) is 5.91 Å². The van der Waals surface area contributed by atoms with Crippen LogP contribution in [0.5, 0.6) is 5.75 Å². The molecule has 3 unspecified atom stereocenters. The quantitative estimate of drug-likeness (QED) is 0.483. The Kier molecular flexibility index (Phi) is 6.13. The second-order valence-corrected chi connectivity index (χ2v) is 7.62. The average Bonchev–Trinajstić information content (AvgIpc) is 3.48. The van der Waals surface area contributed by atoms with Crippen LogP contribution in [0.15, 0.2) is 47.9 Å². The molecule has 1 fully saturated rings. The number of hydrogen-bond acceptors (Lipinski definition) is 7. The zero-order chi connectivity index (χ0) is 21.8. The van der Waals surface area contributed by atoms with E-state index in [0.29, 0.717) is 30.6 Å². The van der Waals surface area contributed by atoms with Crippen molar-refractivity contribution in [2.45, 2.75) is 37.8 Å². The van der Waals surface area contributed by atoms with E-state index in [9.17, 15) is 9.59 Å². The molecular formula is C22H24N4O5. The molecule has 1 aliphatic heterocycles. The van der Waals surface area contributed by atoms with Crippen LogP contribution in [0, 0.1) is 5.92 Å². The number of amides is 2. The van der Waals surface area contributed by atoms with E-state index < -0.39 is 11.8 Å². The Morgan fingerprint density at radius 2 is 2.00 bits per heavy atom. The number of hydrogen-bond donors (Lipinski definition) is 3. The van der Waals surface area contributed by atoms with Crippen LogP contribution in [0.3, 0.4) is 0 Å². The Morgan fingerprint density at radius 3 is 2.74 bits per heavy atom. The largest absolute Gasteiger partial charge is 0.496 e. The Hall–Kier alpha value is -3.46. The van der Waals surface area contributed by atoms with E-state index >= 15 is 0 Å². The molecule has 1 aromatic carbocycles. The summed E-state index contributed by atoms with van der Waals surface area (Å²) in [5, 5.41) is 16.0. The zero-order valence-electron chi connectivity index (χ0n) is 17.1. The van der Waals surface area contributed by atoms with E-state index in [0.717, 1.165) is 23.3 Å². The minimum atomic E-state index is -0.473. The molecule has 0 spiro atoms. The van der Waals surface area contributed by atoms with E-state index in [-0.39, 0.29) is 18.1 Å². The lowest BCUT2D eigenvalue weighted by Crippen LogP contribution is -2.43. The molecule has 2 aromatic rings. The van der Waals surface area contributed by atoms with Gasteiger partial charge in [-0.25, -0.2) is 5.48 Å². The summed E-state index contributed by atoms with van der Waals surface area (Å²) in [7, 11) is 1.54. The van der Waals surface area contributed by atoms with Crippen LogP contribution in [0.1, 0.15) is 53.3 Å². The number of pyridine rings is 1. The fraction of sp³-hybridized carbons (Fsp3) is 0.364. The van der Waals surface area contributed by atoms with Crippen LogP contribution >= 0.6 is 0 Å². The number of aromatic nitrogens is 1. The fourth-order valence-electron chi connectivity index (χ4n) is 4.16. The maximum atomic E-state index is 12.8. The first-order valence-corrected chi connectivity index (χ1v) is 10.2. The van der Waals surface area contributed by atoms with Gasteiger partial charge in [0, 0.05) is 41.5 Å². The van der Waals surface area contributed by atoms with Crippen molar-refractivity contribution in [1.82, 2.24) is 15.8 Å². The van der Waals surface area contributed by atoms with E-state index in [1.54, 1.807) is 43.2 Å². The van der Waals surface area contributed by atoms with Gasteiger partial charge in [0.15, 0.2) is 6.10 Å². The summed E-state index contributed by atoms with van der Waals surface area (Å²) in [4.78, 5) is 34.2. The molecule has 2 amide bonds. The molecule has 2 heterocycles. The van der Waals surface area contributed by atoms with Gasteiger partial charge < -0.3 is 14.9 Å². The molecule has 4 rings (SSSR count). The summed E-state index contributed by atoms with van der Waals surface area (Å²) in [6.07, 6.45) is 5.79. The van der Waals surface area contributed by atoms with Gasteiger partial charge in [-0.1, -0.05) is 17.6 Å². The Labute approximate surface area is 179 Å². The highest BCUT2D eigenvalue weighted by Gasteiger charge is 2.34. The molecule has 0 saturated heterocycles. The van der Waals surface area contributed by atoms with Crippen LogP contribution in [-0.2, 0) is 9.63 Å². The Balaban J connectivity index is 1.46. The summed E-state index contributed by atoms with van der Waals surface area (Å²) in [6.45, 7) is 0. The third-order valence-corrected chi connectivity index (χ3v) is 5.80. The highest BCUT2D eigenvalue weighted by atomic mass is 16.6. The van der Waals surface area contributed by atoms with Crippen molar-refractivity contribution in [3.05, 3.63) is 59.4 Å². The second kappa shape index (κ2) is 9.13. The van der Waals surface area contributed by atoms with Gasteiger partial charge in [0.05, 0.1) is 18.7 Å². The summed E-state index contributed by atoms with van der Waals surface area (Å²) in [5.74, 6) is -0.682. The van der Waals surface area contributed by atoms with Gasteiger partial charge in [0.1, 0.15) is 5.75 Å². The predicted molar refractivity (Wildman–Crippen MR) is 111 cm³/mol. The molecule has 31 heavy (non-hydrogen) atoms. The van der Waals surface area contributed by atoms with Gasteiger partial charge in [-0.3, -0.25) is 19.8 Å². The standard InChI is InChI=1S/C22H24N4O5/c1-30-19-11-14(21(27)24-17-4-2-3-15(17)22(28)25-29)5-6-16(19)20-12-18(26-31-20)13-7-9-23-10-8-13/h5-11,15,17,20,29H,2-4,12H2,1H3,(H,24,27)(H,25,28). The average molecular weight is 424 g/mol. The van der Waals surface area contributed by atoms with Crippen molar-refractivity contribution in [2.75, 3.05) is 7.11 Å². The number of carbonyl (C=O) groups is 2. The molecule has 2 aliphatic rings. The lowest BCUT2D eigenvalue weighted by atomic mass is 9.98. The number of methoxy groups -OCH3 is 1. The molecule has 162 valence electrons. The van der Waals surface area contributed by atoms with Crippen molar-refractivity contribution in [3.8, 4) is 5.75 Å². The molecule has 9 heteroatoms. The molecule has 9 nitrogen and oxygen atoms in total. The minimum absolute atomic E-state index is 0.298. The number of nitrogens with one attached hydrogen (secondary N) is 2. The first-order valence-electron chi connectivity index (χ1n) is 10.2. The van der Waals surface area contributed by atoms with Gasteiger partial charge in [-0.15, -0.1) is 0 Å². The lowest BCUT2D eigenvalue weighted by molar-refractivity contribution is -0.133.